The molecule has 1 unspecified atom stereocenters. The molecule has 4 nitrogen and oxygen atoms in total. The van der Waals surface area contributed by atoms with E-state index in [-0.39, 0.29) is 6.04 Å². The quantitative estimate of drug-likeness (QED) is 0.756. The van der Waals surface area contributed by atoms with Gasteiger partial charge >= 0.3 is 0 Å². The summed E-state index contributed by atoms with van der Waals surface area (Å²) in [6.45, 7) is 4.75. The second-order valence-corrected chi connectivity index (χ2v) is 4.25. The van der Waals surface area contributed by atoms with Gasteiger partial charge < -0.3 is 10.4 Å². The number of nitrogens with one attached hydrogen (secondary N) is 2. The van der Waals surface area contributed by atoms with Crippen LogP contribution in [-0.4, -0.2) is 15.3 Å². The molecular formula is C13H17N3O. The summed E-state index contributed by atoms with van der Waals surface area (Å²) < 4.78 is 0. The summed E-state index contributed by atoms with van der Waals surface area (Å²) in [4.78, 5) is 0. The summed E-state index contributed by atoms with van der Waals surface area (Å²) in [6, 6.07) is 7.66. The number of hydrogen-bond donors (Lipinski definition) is 3. The van der Waals surface area contributed by atoms with Gasteiger partial charge in [0.15, 0.2) is 0 Å². The standard InChI is InChI=1S/C13H17N3O/c1-9-3-4-13(17)12(7-9)10(2)14-8-11-5-6-15-16-11/h3-7,10,14,17H,8H2,1-2H3,(H,15,16). The molecule has 2 rings (SSSR count). The minimum absolute atomic E-state index is 0.0956. The third-order valence-electron chi connectivity index (χ3n) is 2.81. The highest BCUT2D eigenvalue weighted by atomic mass is 16.3. The van der Waals surface area contributed by atoms with E-state index in [1.165, 1.54) is 0 Å². The van der Waals surface area contributed by atoms with Crippen LogP contribution in [0.3, 0.4) is 0 Å². The molecule has 0 amide bonds. The van der Waals surface area contributed by atoms with Crippen molar-refractivity contribution in [3.8, 4) is 5.75 Å². The minimum Gasteiger partial charge on any atom is -0.508 e. The van der Waals surface area contributed by atoms with Crippen LogP contribution in [-0.2, 0) is 6.54 Å². The molecule has 1 aromatic carbocycles. The number of aromatic nitrogens is 2. The van der Waals surface area contributed by atoms with Crippen molar-refractivity contribution in [2.75, 3.05) is 0 Å². The fourth-order valence-electron chi connectivity index (χ4n) is 1.78. The number of hydrogen-bond acceptors (Lipinski definition) is 3. The lowest BCUT2D eigenvalue weighted by Crippen LogP contribution is -2.18. The Bertz CT molecular complexity index is 479. The Labute approximate surface area is 101 Å². The molecule has 0 fully saturated rings. The third-order valence-corrected chi connectivity index (χ3v) is 2.81. The fraction of sp³-hybridized carbons (Fsp3) is 0.308. The van der Waals surface area contributed by atoms with E-state index >= 15 is 0 Å². The smallest absolute Gasteiger partial charge is 0.120 e. The van der Waals surface area contributed by atoms with Crippen molar-refractivity contribution in [2.45, 2.75) is 26.4 Å². The van der Waals surface area contributed by atoms with Crippen molar-refractivity contribution in [2.24, 2.45) is 0 Å². The molecule has 0 saturated carbocycles. The van der Waals surface area contributed by atoms with Crippen LogP contribution in [0.2, 0.25) is 0 Å². The molecule has 1 aromatic heterocycles. The SMILES string of the molecule is Cc1ccc(O)c(C(C)NCc2ccn[nH]2)c1. The predicted molar refractivity (Wildman–Crippen MR) is 66.7 cm³/mol. The van der Waals surface area contributed by atoms with E-state index in [0.717, 1.165) is 16.8 Å². The van der Waals surface area contributed by atoms with Gasteiger partial charge in [0.25, 0.3) is 0 Å². The van der Waals surface area contributed by atoms with Crippen LogP contribution in [0, 0.1) is 6.92 Å². The maximum absolute atomic E-state index is 9.80. The van der Waals surface area contributed by atoms with Gasteiger partial charge in [0.1, 0.15) is 5.75 Å². The summed E-state index contributed by atoms with van der Waals surface area (Å²) in [5, 5.41) is 19.9. The van der Waals surface area contributed by atoms with Gasteiger partial charge in [0.2, 0.25) is 0 Å². The van der Waals surface area contributed by atoms with Gasteiger partial charge in [-0.25, -0.2) is 0 Å². The molecule has 17 heavy (non-hydrogen) atoms. The maximum atomic E-state index is 9.80. The molecule has 0 aliphatic rings. The fourth-order valence-corrected chi connectivity index (χ4v) is 1.78. The Morgan fingerprint density at radius 2 is 2.24 bits per heavy atom. The van der Waals surface area contributed by atoms with Crippen molar-refractivity contribution in [1.29, 1.82) is 0 Å². The number of aromatic hydroxyl groups is 1. The Balaban J connectivity index is 2.04. The van der Waals surface area contributed by atoms with Gasteiger partial charge in [0.05, 0.1) is 0 Å². The van der Waals surface area contributed by atoms with Crippen molar-refractivity contribution >= 4 is 0 Å². The highest BCUT2D eigenvalue weighted by Gasteiger charge is 2.10. The Kier molecular flexibility index (Phi) is 3.44. The van der Waals surface area contributed by atoms with Crippen molar-refractivity contribution < 1.29 is 5.11 Å². The Morgan fingerprint density at radius 1 is 1.41 bits per heavy atom. The largest absolute Gasteiger partial charge is 0.508 e. The average molecular weight is 231 g/mol. The first-order chi connectivity index (χ1) is 8.16. The molecule has 0 aliphatic carbocycles. The summed E-state index contributed by atoms with van der Waals surface area (Å²) in [5.74, 6) is 0.334. The van der Waals surface area contributed by atoms with Crippen LogP contribution < -0.4 is 5.32 Å². The van der Waals surface area contributed by atoms with Crippen LogP contribution in [0.15, 0.2) is 30.5 Å². The zero-order valence-corrected chi connectivity index (χ0v) is 10.1. The highest BCUT2D eigenvalue weighted by molar-refractivity contribution is 5.37. The second-order valence-electron chi connectivity index (χ2n) is 4.25. The molecule has 0 radical (unpaired) electrons. The summed E-state index contributed by atoms with van der Waals surface area (Å²) in [7, 11) is 0. The Hall–Kier alpha value is -1.81. The zero-order chi connectivity index (χ0) is 12.3. The molecular weight excluding hydrogens is 214 g/mol. The van der Waals surface area contributed by atoms with Gasteiger partial charge in [-0.3, -0.25) is 5.10 Å². The average Bonchev–Trinajstić information content (AvgIpc) is 2.82. The van der Waals surface area contributed by atoms with Crippen LogP contribution in [0.5, 0.6) is 5.75 Å². The molecule has 3 N–H and O–H groups in total. The van der Waals surface area contributed by atoms with Gasteiger partial charge in [0, 0.05) is 30.0 Å². The van der Waals surface area contributed by atoms with Crippen LogP contribution in [0.1, 0.15) is 29.8 Å². The number of nitrogens with zero attached hydrogens (tertiary/aromatic N) is 1. The number of aryl methyl sites for hydroxylation is 1. The number of rotatable bonds is 4. The molecule has 0 spiro atoms. The zero-order valence-electron chi connectivity index (χ0n) is 10.1. The van der Waals surface area contributed by atoms with Gasteiger partial charge in [-0.1, -0.05) is 17.7 Å². The molecule has 1 heterocycles. The predicted octanol–water partition coefficient (Wildman–Crippen LogP) is 2.27. The lowest BCUT2D eigenvalue weighted by atomic mass is 10.0. The molecule has 90 valence electrons. The summed E-state index contributed by atoms with van der Waals surface area (Å²) in [5.41, 5.74) is 3.10. The lowest BCUT2D eigenvalue weighted by Gasteiger charge is -2.15. The first kappa shape index (κ1) is 11.7. The lowest BCUT2D eigenvalue weighted by molar-refractivity contribution is 0.451. The van der Waals surface area contributed by atoms with E-state index in [1.54, 1.807) is 12.3 Å². The van der Waals surface area contributed by atoms with Crippen LogP contribution in [0.25, 0.3) is 0 Å². The second kappa shape index (κ2) is 5.01. The van der Waals surface area contributed by atoms with Gasteiger partial charge in [-0.15, -0.1) is 0 Å². The minimum atomic E-state index is 0.0956. The van der Waals surface area contributed by atoms with Crippen molar-refractivity contribution in [1.82, 2.24) is 15.5 Å². The van der Waals surface area contributed by atoms with E-state index < -0.39 is 0 Å². The maximum Gasteiger partial charge on any atom is 0.120 e. The van der Waals surface area contributed by atoms with E-state index in [2.05, 4.69) is 15.5 Å². The number of benzene rings is 1. The number of aromatic amines is 1. The van der Waals surface area contributed by atoms with Gasteiger partial charge in [-0.05, 0) is 26.0 Å². The monoisotopic (exact) mass is 231 g/mol. The van der Waals surface area contributed by atoms with E-state index in [1.807, 2.05) is 32.0 Å². The molecule has 0 saturated heterocycles. The number of phenolic OH excluding ortho intramolecular Hbond substituents is 1. The Morgan fingerprint density at radius 3 is 2.94 bits per heavy atom. The normalized spacial score (nSPS) is 12.6. The van der Waals surface area contributed by atoms with E-state index in [9.17, 15) is 5.11 Å². The van der Waals surface area contributed by atoms with Crippen LogP contribution >= 0.6 is 0 Å². The molecule has 4 heteroatoms. The van der Waals surface area contributed by atoms with Crippen molar-refractivity contribution in [3.05, 3.63) is 47.3 Å². The van der Waals surface area contributed by atoms with Crippen LogP contribution in [0.4, 0.5) is 0 Å². The summed E-state index contributed by atoms with van der Waals surface area (Å²) >= 11 is 0. The first-order valence-electron chi connectivity index (χ1n) is 5.68. The number of H-pyrrole nitrogens is 1. The van der Waals surface area contributed by atoms with Crippen molar-refractivity contribution in [3.63, 3.8) is 0 Å². The van der Waals surface area contributed by atoms with Gasteiger partial charge in [-0.2, -0.15) is 5.10 Å². The first-order valence-corrected chi connectivity index (χ1v) is 5.68. The molecule has 0 aliphatic heterocycles. The molecule has 1 atom stereocenters. The highest BCUT2D eigenvalue weighted by Crippen LogP contribution is 2.24. The third kappa shape index (κ3) is 2.85. The molecule has 0 bridgehead atoms. The number of phenols is 1. The van der Waals surface area contributed by atoms with E-state index in [4.69, 9.17) is 0 Å². The molecule has 2 aromatic rings. The topological polar surface area (TPSA) is 60.9 Å². The van der Waals surface area contributed by atoms with E-state index in [0.29, 0.717) is 12.3 Å². The summed E-state index contributed by atoms with van der Waals surface area (Å²) in [6.07, 6.45) is 1.73.